The van der Waals surface area contributed by atoms with Crippen molar-refractivity contribution in [3.05, 3.63) is 70.3 Å². The number of allylic oxidation sites excluding steroid dienone is 1. The molecule has 3 atom stereocenters. The number of fused-ring (bicyclic) bond motifs is 1. The minimum atomic E-state index is -0.691. The quantitative estimate of drug-likeness (QED) is 0.762. The zero-order valence-corrected chi connectivity index (χ0v) is 17.5. The van der Waals surface area contributed by atoms with Crippen molar-refractivity contribution in [3.8, 4) is 11.8 Å². The van der Waals surface area contributed by atoms with Gasteiger partial charge in [0.1, 0.15) is 11.0 Å². The number of nitriles is 1. The maximum atomic E-state index is 13.5. The summed E-state index contributed by atoms with van der Waals surface area (Å²) in [6.45, 7) is 4.38. The fraction of sp³-hybridized carbons (Fsp3) is 0.261. The molecule has 2 amide bonds. The van der Waals surface area contributed by atoms with Crippen LogP contribution in [0.5, 0.6) is 5.75 Å². The van der Waals surface area contributed by atoms with E-state index in [9.17, 15) is 14.9 Å². The van der Waals surface area contributed by atoms with E-state index in [1.165, 1.54) is 4.90 Å². The monoisotopic (exact) mass is 419 g/mol. The van der Waals surface area contributed by atoms with Crippen molar-refractivity contribution < 1.29 is 14.3 Å². The minimum absolute atomic E-state index is 0.296. The summed E-state index contributed by atoms with van der Waals surface area (Å²) in [6.07, 6.45) is 0. The van der Waals surface area contributed by atoms with Gasteiger partial charge >= 0.3 is 0 Å². The number of nitrogens with zero attached hydrogens (tertiary/aromatic N) is 2. The molecule has 152 valence electrons. The number of anilines is 1. The van der Waals surface area contributed by atoms with Crippen LogP contribution in [0.2, 0.25) is 0 Å². The van der Waals surface area contributed by atoms with Crippen molar-refractivity contribution in [2.75, 3.05) is 11.5 Å². The van der Waals surface area contributed by atoms with Crippen molar-refractivity contribution >= 4 is 29.3 Å². The number of rotatable bonds is 4. The number of thioether (sulfide) groups is 1. The first-order valence-corrected chi connectivity index (χ1v) is 10.6. The number of hydrogen-bond acceptors (Lipinski definition) is 6. The Morgan fingerprint density at radius 1 is 1.10 bits per heavy atom. The highest BCUT2D eigenvalue weighted by atomic mass is 32.2. The predicted molar refractivity (Wildman–Crippen MR) is 116 cm³/mol. The van der Waals surface area contributed by atoms with Crippen molar-refractivity contribution in [2.24, 2.45) is 11.7 Å². The van der Waals surface area contributed by atoms with E-state index in [1.807, 2.05) is 38.1 Å². The number of benzene rings is 2. The number of carbonyl (C=O) groups is 2. The standard InChI is InChI=1S/C23H21N3O3S/c1-3-29-16-10-6-14(7-11-16)18-17(12-24)21(25)30-20-19(18)22(27)26(23(20)28)15-8-4-13(2)5-9-15/h4-11,18-20H,3,25H2,1-2H3/t18-,19-,20-/m0/s1. The van der Waals surface area contributed by atoms with Crippen molar-refractivity contribution in [1.29, 1.82) is 5.26 Å². The number of amides is 2. The fourth-order valence-corrected chi connectivity index (χ4v) is 5.23. The summed E-state index contributed by atoms with van der Waals surface area (Å²) >= 11 is 1.11. The van der Waals surface area contributed by atoms with E-state index in [0.717, 1.165) is 22.9 Å². The minimum Gasteiger partial charge on any atom is -0.494 e. The molecule has 2 aromatic rings. The SMILES string of the molecule is CCOc1ccc([C@H]2C(C#N)=C(N)S[C@@H]3C(=O)N(c4ccc(C)cc4)C(=O)[C@H]32)cc1. The molecule has 1 saturated heterocycles. The van der Waals surface area contributed by atoms with E-state index in [4.69, 9.17) is 10.5 Å². The van der Waals surface area contributed by atoms with E-state index < -0.39 is 17.1 Å². The summed E-state index contributed by atoms with van der Waals surface area (Å²) in [5.74, 6) is -1.17. The highest BCUT2D eigenvalue weighted by Gasteiger charge is 2.56. The average molecular weight is 420 g/mol. The molecule has 0 spiro atoms. The first-order valence-electron chi connectivity index (χ1n) is 9.70. The fourth-order valence-electron chi connectivity index (χ4n) is 4.03. The third-order valence-electron chi connectivity index (χ3n) is 5.45. The van der Waals surface area contributed by atoms with Gasteiger partial charge in [0.2, 0.25) is 11.8 Å². The first kappa shape index (κ1) is 20.0. The highest BCUT2D eigenvalue weighted by molar-refractivity contribution is 8.04. The molecule has 0 bridgehead atoms. The number of ether oxygens (including phenoxy) is 1. The molecule has 7 heteroatoms. The number of aryl methyl sites for hydroxylation is 1. The van der Waals surface area contributed by atoms with Gasteiger partial charge in [-0.1, -0.05) is 41.6 Å². The number of hydrogen-bond donors (Lipinski definition) is 1. The number of carbonyl (C=O) groups excluding carboxylic acids is 2. The summed E-state index contributed by atoms with van der Waals surface area (Å²) < 4.78 is 5.50. The summed E-state index contributed by atoms with van der Waals surface area (Å²) in [5, 5.41) is 9.42. The Labute approximate surface area is 179 Å². The molecule has 0 aliphatic carbocycles. The van der Waals surface area contributed by atoms with Gasteiger partial charge in [0.05, 0.1) is 34.9 Å². The summed E-state index contributed by atoms with van der Waals surface area (Å²) in [5.41, 5.74) is 8.84. The van der Waals surface area contributed by atoms with Gasteiger partial charge in [-0.15, -0.1) is 0 Å². The van der Waals surface area contributed by atoms with Crippen LogP contribution >= 0.6 is 11.8 Å². The summed E-state index contributed by atoms with van der Waals surface area (Å²) in [6, 6.07) is 16.7. The molecule has 4 rings (SSSR count). The van der Waals surface area contributed by atoms with Crippen LogP contribution in [0.4, 0.5) is 5.69 Å². The molecule has 0 saturated carbocycles. The van der Waals surface area contributed by atoms with Crippen molar-refractivity contribution in [1.82, 2.24) is 0 Å². The van der Waals surface area contributed by atoms with Crippen LogP contribution < -0.4 is 15.4 Å². The van der Waals surface area contributed by atoms with Gasteiger partial charge in [-0.25, -0.2) is 4.90 Å². The maximum absolute atomic E-state index is 13.5. The van der Waals surface area contributed by atoms with Crippen molar-refractivity contribution in [3.63, 3.8) is 0 Å². The third-order valence-corrected chi connectivity index (χ3v) is 6.67. The van der Waals surface area contributed by atoms with Crippen LogP contribution in [0.25, 0.3) is 0 Å². The van der Waals surface area contributed by atoms with Crippen LogP contribution in [0.3, 0.4) is 0 Å². The largest absolute Gasteiger partial charge is 0.494 e. The molecule has 2 aromatic carbocycles. The van der Waals surface area contributed by atoms with E-state index in [2.05, 4.69) is 6.07 Å². The van der Waals surface area contributed by atoms with Gasteiger partial charge in [-0.05, 0) is 43.7 Å². The second-order valence-electron chi connectivity index (χ2n) is 7.28. The lowest BCUT2D eigenvalue weighted by atomic mass is 9.79. The normalized spacial score (nSPS) is 23.4. The van der Waals surface area contributed by atoms with Gasteiger partial charge in [-0.2, -0.15) is 5.26 Å². The Morgan fingerprint density at radius 3 is 2.37 bits per heavy atom. The molecule has 1 fully saturated rings. The Kier molecular flexibility index (Phi) is 5.27. The third kappa shape index (κ3) is 3.23. The Bertz CT molecular complexity index is 1070. The zero-order valence-electron chi connectivity index (χ0n) is 16.7. The lowest BCUT2D eigenvalue weighted by Gasteiger charge is -2.30. The lowest BCUT2D eigenvalue weighted by molar-refractivity contribution is -0.122. The number of nitrogens with two attached hydrogens (primary N) is 1. The second kappa shape index (κ2) is 7.88. The molecule has 0 aromatic heterocycles. The lowest BCUT2D eigenvalue weighted by Crippen LogP contribution is -2.33. The van der Waals surface area contributed by atoms with Crippen molar-refractivity contribution in [2.45, 2.75) is 25.0 Å². The maximum Gasteiger partial charge on any atom is 0.248 e. The molecule has 0 unspecified atom stereocenters. The van der Waals surface area contributed by atoms with E-state index in [0.29, 0.717) is 28.6 Å². The zero-order chi connectivity index (χ0) is 21.4. The van der Waals surface area contributed by atoms with E-state index in [1.54, 1.807) is 24.3 Å². The van der Waals surface area contributed by atoms with E-state index in [-0.39, 0.29) is 11.8 Å². The Hall–Kier alpha value is -3.24. The van der Waals surface area contributed by atoms with Gasteiger partial charge in [0, 0.05) is 5.92 Å². The topological polar surface area (TPSA) is 96.4 Å². The van der Waals surface area contributed by atoms with Gasteiger partial charge in [-0.3, -0.25) is 9.59 Å². The molecule has 2 aliphatic heterocycles. The molecule has 2 N–H and O–H groups in total. The molecular formula is C23H21N3O3S. The van der Waals surface area contributed by atoms with Gasteiger partial charge in [0.25, 0.3) is 0 Å². The summed E-state index contributed by atoms with van der Waals surface area (Å²) in [7, 11) is 0. The van der Waals surface area contributed by atoms with Crippen LogP contribution in [-0.2, 0) is 9.59 Å². The first-order chi connectivity index (χ1) is 14.5. The van der Waals surface area contributed by atoms with Gasteiger partial charge < -0.3 is 10.5 Å². The second-order valence-corrected chi connectivity index (χ2v) is 8.46. The Morgan fingerprint density at radius 2 is 1.77 bits per heavy atom. The Balaban J connectivity index is 1.77. The average Bonchev–Trinajstić information content (AvgIpc) is 2.98. The molecule has 0 radical (unpaired) electrons. The molecule has 2 heterocycles. The molecular weight excluding hydrogens is 398 g/mol. The van der Waals surface area contributed by atoms with Crippen LogP contribution in [0.1, 0.15) is 24.0 Å². The van der Waals surface area contributed by atoms with Crippen LogP contribution in [0, 0.1) is 24.2 Å². The predicted octanol–water partition coefficient (Wildman–Crippen LogP) is 3.48. The van der Waals surface area contributed by atoms with E-state index >= 15 is 0 Å². The van der Waals surface area contributed by atoms with Crippen LogP contribution in [-0.4, -0.2) is 23.7 Å². The smallest absolute Gasteiger partial charge is 0.248 e. The molecule has 6 nitrogen and oxygen atoms in total. The van der Waals surface area contributed by atoms with Crippen LogP contribution in [0.15, 0.2) is 59.1 Å². The number of imide groups is 1. The molecule has 30 heavy (non-hydrogen) atoms. The van der Waals surface area contributed by atoms with Gasteiger partial charge in [0.15, 0.2) is 0 Å². The molecule has 2 aliphatic rings. The highest BCUT2D eigenvalue weighted by Crippen LogP contribution is 2.50. The summed E-state index contributed by atoms with van der Waals surface area (Å²) in [4.78, 5) is 27.9.